The first-order valence-electron chi connectivity index (χ1n) is 5.99. The summed E-state index contributed by atoms with van der Waals surface area (Å²) in [4.78, 5) is 0. The Hall–Kier alpha value is -1.72. The van der Waals surface area contributed by atoms with Crippen molar-refractivity contribution in [3.05, 3.63) is 46.8 Å². The molecule has 1 aromatic heterocycles. The number of rotatable bonds is 4. The lowest BCUT2D eigenvalue weighted by Crippen LogP contribution is -2.30. The van der Waals surface area contributed by atoms with E-state index in [-0.39, 0.29) is 6.04 Å². The normalized spacial score (nSPS) is 12.7. The van der Waals surface area contributed by atoms with E-state index >= 15 is 0 Å². The van der Waals surface area contributed by atoms with Gasteiger partial charge in [-0.3, -0.25) is 16.0 Å². The van der Waals surface area contributed by atoms with Crippen LogP contribution in [-0.2, 0) is 13.5 Å². The zero-order valence-corrected chi connectivity index (χ0v) is 11.0. The number of nitrogens with zero attached hydrogens (tertiary/aromatic N) is 3. The van der Waals surface area contributed by atoms with Crippen LogP contribution in [-0.4, -0.2) is 15.0 Å². The summed E-state index contributed by atoms with van der Waals surface area (Å²) in [6.45, 7) is 4.22. The molecule has 0 aliphatic carbocycles. The van der Waals surface area contributed by atoms with E-state index in [2.05, 4.69) is 47.8 Å². The Bertz CT molecular complexity index is 532. The molecule has 3 N–H and O–H groups in total. The maximum atomic E-state index is 5.67. The molecule has 2 aromatic rings. The molecule has 18 heavy (non-hydrogen) atoms. The molecule has 0 bridgehead atoms. The number of hydrogen-bond acceptors (Lipinski definition) is 4. The second kappa shape index (κ2) is 5.29. The van der Waals surface area contributed by atoms with Crippen LogP contribution in [0.3, 0.4) is 0 Å². The predicted molar refractivity (Wildman–Crippen MR) is 70.7 cm³/mol. The van der Waals surface area contributed by atoms with Crippen molar-refractivity contribution >= 4 is 0 Å². The monoisotopic (exact) mass is 245 g/mol. The Balaban J connectivity index is 2.25. The van der Waals surface area contributed by atoms with Gasteiger partial charge in [0.15, 0.2) is 0 Å². The standard InChI is InChI=1S/C13H19N5/c1-9-5-4-6-12(10(9)2)13(15-14)7-11-8-18(3)17-16-11/h4-6,8,13,15H,7,14H2,1-3H3. The highest BCUT2D eigenvalue weighted by Gasteiger charge is 2.15. The topological polar surface area (TPSA) is 68.8 Å². The number of hydrazine groups is 1. The first kappa shape index (κ1) is 12.7. The average molecular weight is 245 g/mol. The van der Waals surface area contributed by atoms with E-state index in [0.717, 1.165) is 12.1 Å². The minimum Gasteiger partial charge on any atom is -0.271 e. The molecule has 0 fully saturated rings. The number of nitrogens with one attached hydrogen (secondary N) is 1. The quantitative estimate of drug-likeness (QED) is 0.627. The molecule has 0 saturated carbocycles. The van der Waals surface area contributed by atoms with Crippen molar-refractivity contribution in [3.63, 3.8) is 0 Å². The van der Waals surface area contributed by atoms with Gasteiger partial charge in [-0.05, 0) is 30.5 Å². The maximum Gasteiger partial charge on any atom is 0.0846 e. The van der Waals surface area contributed by atoms with E-state index < -0.39 is 0 Å². The highest BCUT2D eigenvalue weighted by Crippen LogP contribution is 2.22. The summed E-state index contributed by atoms with van der Waals surface area (Å²) >= 11 is 0. The van der Waals surface area contributed by atoms with Crippen molar-refractivity contribution in [1.29, 1.82) is 0 Å². The summed E-state index contributed by atoms with van der Waals surface area (Å²) in [6, 6.07) is 6.32. The molecule has 1 heterocycles. The molecular weight excluding hydrogens is 226 g/mol. The zero-order chi connectivity index (χ0) is 13.1. The van der Waals surface area contributed by atoms with Crippen LogP contribution in [0.1, 0.15) is 28.4 Å². The third kappa shape index (κ3) is 2.57. The Kier molecular flexibility index (Phi) is 3.74. The van der Waals surface area contributed by atoms with Crippen LogP contribution in [0.2, 0.25) is 0 Å². The third-order valence-corrected chi connectivity index (χ3v) is 3.29. The van der Waals surface area contributed by atoms with Crippen molar-refractivity contribution in [2.24, 2.45) is 12.9 Å². The zero-order valence-electron chi connectivity index (χ0n) is 11.0. The van der Waals surface area contributed by atoms with Crippen LogP contribution in [0.15, 0.2) is 24.4 Å². The fourth-order valence-corrected chi connectivity index (χ4v) is 2.11. The van der Waals surface area contributed by atoms with Gasteiger partial charge in [0.1, 0.15) is 0 Å². The molecule has 1 atom stereocenters. The highest BCUT2D eigenvalue weighted by atomic mass is 15.4. The van der Waals surface area contributed by atoms with Gasteiger partial charge in [-0.2, -0.15) is 0 Å². The molecule has 0 spiro atoms. The lowest BCUT2D eigenvalue weighted by Gasteiger charge is -2.18. The minimum atomic E-state index is 0.0570. The Morgan fingerprint density at radius 1 is 1.39 bits per heavy atom. The Morgan fingerprint density at radius 3 is 2.78 bits per heavy atom. The van der Waals surface area contributed by atoms with Crippen LogP contribution in [0.5, 0.6) is 0 Å². The van der Waals surface area contributed by atoms with E-state index in [0.29, 0.717) is 0 Å². The molecule has 0 aliphatic heterocycles. The number of aryl methyl sites for hydroxylation is 2. The molecule has 5 heteroatoms. The van der Waals surface area contributed by atoms with Gasteiger partial charge in [0.05, 0.1) is 11.7 Å². The number of benzene rings is 1. The molecule has 0 saturated heterocycles. The summed E-state index contributed by atoms with van der Waals surface area (Å²) in [6.07, 6.45) is 2.64. The molecule has 2 rings (SSSR count). The second-order valence-corrected chi connectivity index (χ2v) is 4.60. The molecule has 5 nitrogen and oxygen atoms in total. The highest BCUT2D eigenvalue weighted by molar-refractivity contribution is 5.35. The summed E-state index contributed by atoms with van der Waals surface area (Å²) in [7, 11) is 1.86. The van der Waals surface area contributed by atoms with Crippen LogP contribution >= 0.6 is 0 Å². The van der Waals surface area contributed by atoms with Gasteiger partial charge < -0.3 is 0 Å². The van der Waals surface area contributed by atoms with Crippen LogP contribution in [0.25, 0.3) is 0 Å². The largest absolute Gasteiger partial charge is 0.271 e. The van der Waals surface area contributed by atoms with E-state index in [4.69, 9.17) is 5.84 Å². The maximum absolute atomic E-state index is 5.67. The number of nitrogens with two attached hydrogens (primary N) is 1. The molecule has 0 radical (unpaired) electrons. The summed E-state index contributed by atoms with van der Waals surface area (Å²) in [5, 5.41) is 8.03. The fourth-order valence-electron chi connectivity index (χ4n) is 2.11. The van der Waals surface area contributed by atoms with Crippen LogP contribution in [0.4, 0.5) is 0 Å². The van der Waals surface area contributed by atoms with E-state index in [1.807, 2.05) is 13.2 Å². The van der Waals surface area contributed by atoms with Gasteiger partial charge in [-0.25, -0.2) is 0 Å². The van der Waals surface area contributed by atoms with Gasteiger partial charge >= 0.3 is 0 Å². The second-order valence-electron chi connectivity index (χ2n) is 4.60. The fraction of sp³-hybridized carbons (Fsp3) is 0.385. The van der Waals surface area contributed by atoms with Crippen molar-refractivity contribution in [3.8, 4) is 0 Å². The van der Waals surface area contributed by atoms with Crippen molar-refractivity contribution in [2.75, 3.05) is 0 Å². The van der Waals surface area contributed by atoms with Crippen LogP contribution < -0.4 is 11.3 Å². The van der Waals surface area contributed by atoms with E-state index in [1.54, 1.807) is 4.68 Å². The smallest absolute Gasteiger partial charge is 0.0846 e. The van der Waals surface area contributed by atoms with Gasteiger partial charge in [0, 0.05) is 19.7 Å². The molecule has 0 amide bonds. The Morgan fingerprint density at radius 2 is 2.17 bits per heavy atom. The minimum absolute atomic E-state index is 0.0570. The van der Waals surface area contributed by atoms with Gasteiger partial charge in [-0.1, -0.05) is 23.4 Å². The number of hydrogen-bond donors (Lipinski definition) is 2. The summed E-state index contributed by atoms with van der Waals surface area (Å²) in [5.74, 6) is 5.67. The first-order chi connectivity index (χ1) is 8.61. The van der Waals surface area contributed by atoms with E-state index in [1.165, 1.54) is 16.7 Å². The third-order valence-electron chi connectivity index (χ3n) is 3.29. The van der Waals surface area contributed by atoms with Crippen molar-refractivity contribution < 1.29 is 0 Å². The number of aromatic nitrogens is 3. The van der Waals surface area contributed by atoms with Gasteiger partial charge in [-0.15, -0.1) is 5.10 Å². The predicted octanol–water partition coefficient (Wildman–Crippen LogP) is 1.18. The summed E-state index contributed by atoms with van der Waals surface area (Å²) in [5.41, 5.74) is 7.55. The molecule has 0 aliphatic rings. The molecule has 96 valence electrons. The summed E-state index contributed by atoms with van der Waals surface area (Å²) < 4.78 is 1.70. The average Bonchev–Trinajstić information content (AvgIpc) is 2.76. The van der Waals surface area contributed by atoms with Crippen LogP contribution in [0, 0.1) is 13.8 Å². The lowest BCUT2D eigenvalue weighted by molar-refractivity contribution is 0.542. The van der Waals surface area contributed by atoms with E-state index in [9.17, 15) is 0 Å². The van der Waals surface area contributed by atoms with Crippen molar-refractivity contribution in [1.82, 2.24) is 20.4 Å². The Labute approximate surface area is 107 Å². The molecule has 1 unspecified atom stereocenters. The molecule has 1 aromatic carbocycles. The van der Waals surface area contributed by atoms with Crippen molar-refractivity contribution in [2.45, 2.75) is 26.3 Å². The van der Waals surface area contributed by atoms with Gasteiger partial charge in [0.2, 0.25) is 0 Å². The first-order valence-corrected chi connectivity index (χ1v) is 5.99. The molecular formula is C13H19N5. The lowest BCUT2D eigenvalue weighted by atomic mass is 9.95. The van der Waals surface area contributed by atoms with Gasteiger partial charge in [0.25, 0.3) is 0 Å². The SMILES string of the molecule is Cc1cccc(C(Cc2cn(C)nn2)NN)c1C.